The van der Waals surface area contributed by atoms with Crippen LogP contribution >= 0.6 is 0 Å². The Kier molecular flexibility index (Phi) is 7.95. The van der Waals surface area contributed by atoms with Crippen molar-refractivity contribution in [2.45, 2.75) is 96.6 Å². The highest BCUT2D eigenvalue weighted by atomic mass is 28.4. The highest BCUT2D eigenvalue weighted by Crippen LogP contribution is 2.44. The molecule has 1 aliphatic carbocycles. The Hall–Kier alpha value is -1.85. The average Bonchev–Trinajstić information content (AvgIpc) is 2.69. The highest BCUT2D eigenvalue weighted by Gasteiger charge is 2.41. The lowest BCUT2D eigenvalue weighted by molar-refractivity contribution is -0.159. The molecule has 1 aromatic carbocycles. The number of rotatable bonds is 8. The molecule has 3 rings (SSSR count). The van der Waals surface area contributed by atoms with Crippen molar-refractivity contribution < 1.29 is 18.7 Å². The van der Waals surface area contributed by atoms with Gasteiger partial charge in [-0.15, -0.1) is 0 Å². The summed E-state index contributed by atoms with van der Waals surface area (Å²) in [5, 5.41) is 0.122. The molecule has 0 amide bonds. The second kappa shape index (κ2) is 10.2. The lowest BCUT2D eigenvalue weighted by Gasteiger charge is -2.41. The molecule has 182 valence electrons. The van der Waals surface area contributed by atoms with E-state index in [-0.39, 0.29) is 23.2 Å². The number of carbonyl (C=O) groups is 1. The molecule has 1 fully saturated rings. The van der Waals surface area contributed by atoms with Crippen LogP contribution in [0.15, 0.2) is 30.9 Å². The molecule has 0 spiro atoms. The Bertz CT molecular complexity index is 896. The normalized spacial score (nSPS) is 25.4. The van der Waals surface area contributed by atoms with Gasteiger partial charge in [0.15, 0.2) is 8.32 Å². The molecule has 0 unspecified atom stereocenters. The SMILES string of the molecule is C=CCOc1cc(C)cc2c1[C@@H](CC[C@@H]1C[C@@H](O[Si](C)(C)C(C)(C)C)CC(=O)O1)[C@@H](C)C=C2. The van der Waals surface area contributed by atoms with Gasteiger partial charge in [-0.2, -0.15) is 0 Å². The maximum atomic E-state index is 12.4. The molecule has 0 aromatic heterocycles. The van der Waals surface area contributed by atoms with Crippen LogP contribution in [0.2, 0.25) is 18.1 Å². The Morgan fingerprint density at radius 2 is 1.97 bits per heavy atom. The quantitative estimate of drug-likeness (QED) is 0.229. The van der Waals surface area contributed by atoms with Crippen LogP contribution in [-0.4, -0.2) is 33.1 Å². The van der Waals surface area contributed by atoms with E-state index < -0.39 is 8.32 Å². The topological polar surface area (TPSA) is 44.8 Å². The zero-order chi connectivity index (χ0) is 24.4. The molecule has 1 aliphatic heterocycles. The Morgan fingerprint density at radius 1 is 1.24 bits per heavy atom. The number of aryl methyl sites for hydroxylation is 1. The monoisotopic (exact) mass is 470 g/mol. The molecule has 0 bridgehead atoms. The predicted molar refractivity (Wildman–Crippen MR) is 138 cm³/mol. The van der Waals surface area contributed by atoms with Crippen molar-refractivity contribution in [3.05, 3.63) is 47.6 Å². The van der Waals surface area contributed by atoms with Crippen LogP contribution < -0.4 is 4.74 Å². The van der Waals surface area contributed by atoms with Crippen LogP contribution in [0.1, 0.15) is 76.0 Å². The van der Waals surface area contributed by atoms with Crippen LogP contribution in [0.25, 0.3) is 6.08 Å². The van der Waals surface area contributed by atoms with E-state index in [0.717, 1.165) is 25.0 Å². The number of hydrogen-bond acceptors (Lipinski definition) is 4. The molecule has 2 aliphatic rings. The van der Waals surface area contributed by atoms with E-state index in [4.69, 9.17) is 13.9 Å². The fourth-order valence-electron chi connectivity index (χ4n) is 4.72. The fraction of sp³-hybridized carbons (Fsp3) is 0.607. The molecule has 1 saturated heterocycles. The van der Waals surface area contributed by atoms with Crippen molar-refractivity contribution in [1.29, 1.82) is 0 Å². The summed E-state index contributed by atoms with van der Waals surface area (Å²) in [7, 11) is -1.93. The number of cyclic esters (lactones) is 1. The standard InChI is InChI=1S/C28H42O4Si/c1-9-14-30-25-16-19(2)15-21-11-10-20(3)24(27(21)25)13-12-22-17-23(18-26(29)31-22)32-33(7,8)28(4,5)6/h9-11,15-16,20,22-24H,1,12-14,17-18H2,2-8H3/t20-,22+,23+,24-/m0/s1. The second-order valence-corrected chi connectivity index (χ2v) is 16.1. The molecule has 33 heavy (non-hydrogen) atoms. The Labute approximate surface area is 201 Å². The molecule has 4 atom stereocenters. The lowest BCUT2D eigenvalue weighted by atomic mass is 9.76. The van der Waals surface area contributed by atoms with Crippen molar-refractivity contribution in [3.63, 3.8) is 0 Å². The summed E-state index contributed by atoms with van der Waals surface area (Å²) in [5.74, 6) is 1.54. The number of esters is 1. The van der Waals surface area contributed by atoms with Gasteiger partial charge in [-0.1, -0.05) is 58.6 Å². The maximum absolute atomic E-state index is 12.4. The summed E-state index contributed by atoms with van der Waals surface area (Å²) < 4.78 is 18.4. The minimum Gasteiger partial charge on any atom is -0.489 e. The zero-order valence-electron chi connectivity index (χ0n) is 21.6. The summed E-state index contributed by atoms with van der Waals surface area (Å²) >= 11 is 0. The largest absolute Gasteiger partial charge is 0.489 e. The van der Waals surface area contributed by atoms with E-state index in [1.165, 1.54) is 16.7 Å². The van der Waals surface area contributed by atoms with Gasteiger partial charge in [0.2, 0.25) is 0 Å². The van der Waals surface area contributed by atoms with E-state index >= 15 is 0 Å². The third kappa shape index (κ3) is 6.18. The predicted octanol–water partition coefficient (Wildman–Crippen LogP) is 7.18. The molecular formula is C28H42O4Si. The van der Waals surface area contributed by atoms with E-state index in [1.807, 2.05) is 0 Å². The molecule has 0 radical (unpaired) electrons. The van der Waals surface area contributed by atoms with Crippen molar-refractivity contribution in [3.8, 4) is 5.75 Å². The minimum absolute atomic E-state index is 0.0396. The summed E-state index contributed by atoms with van der Waals surface area (Å²) in [6, 6.07) is 4.36. The zero-order valence-corrected chi connectivity index (χ0v) is 22.6. The summed E-state index contributed by atoms with van der Waals surface area (Å²) in [4.78, 5) is 12.4. The van der Waals surface area contributed by atoms with Gasteiger partial charge >= 0.3 is 5.97 Å². The Morgan fingerprint density at radius 3 is 2.64 bits per heavy atom. The molecule has 5 heteroatoms. The first-order chi connectivity index (χ1) is 15.4. The van der Waals surface area contributed by atoms with Gasteiger partial charge in [0.05, 0.1) is 12.5 Å². The van der Waals surface area contributed by atoms with Crippen molar-refractivity contribution in [2.75, 3.05) is 6.61 Å². The number of fused-ring (bicyclic) bond motifs is 1. The fourth-order valence-corrected chi connectivity index (χ4v) is 6.09. The summed E-state index contributed by atoms with van der Waals surface area (Å²) in [5.41, 5.74) is 3.70. The molecule has 1 heterocycles. The van der Waals surface area contributed by atoms with E-state index in [2.05, 4.69) is 78.6 Å². The molecule has 1 aromatic rings. The van der Waals surface area contributed by atoms with Crippen molar-refractivity contribution >= 4 is 20.4 Å². The molecule has 4 nitrogen and oxygen atoms in total. The smallest absolute Gasteiger partial charge is 0.308 e. The van der Waals surface area contributed by atoms with Gasteiger partial charge in [-0.25, -0.2) is 0 Å². The van der Waals surface area contributed by atoms with Gasteiger partial charge in [0.25, 0.3) is 0 Å². The van der Waals surface area contributed by atoms with Crippen molar-refractivity contribution in [2.24, 2.45) is 5.92 Å². The average molecular weight is 471 g/mol. The van der Waals surface area contributed by atoms with Gasteiger partial charge in [-0.3, -0.25) is 4.79 Å². The van der Waals surface area contributed by atoms with E-state index in [0.29, 0.717) is 24.9 Å². The van der Waals surface area contributed by atoms with Crippen LogP contribution in [0.4, 0.5) is 0 Å². The van der Waals surface area contributed by atoms with Crippen LogP contribution in [0, 0.1) is 12.8 Å². The lowest BCUT2D eigenvalue weighted by Crippen LogP contribution is -2.47. The highest BCUT2D eigenvalue weighted by molar-refractivity contribution is 6.74. The number of hydrogen-bond donors (Lipinski definition) is 0. The number of ether oxygens (including phenoxy) is 2. The minimum atomic E-state index is -1.93. The van der Waals surface area contributed by atoms with E-state index in [1.54, 1.807) is 6.08 Å². The maximum Gasteiger partial charge on any atom is 0.308 e. The summed E-state index contributed by atoms with van der Waals surface area (Å²) in [6.07, 6.45) is 9.09. The molecular weight excluding hydrogens is 428 g/mol. The van der Waals surface area contributed by atoms with Crippen LogP contribution in [-0.2, 0) is 14.0 Å². The number of benzene rings is 1. The first-order valence-corrected chi connectivity index (χ1v) is 15.3. The van der Waals surface area contributed by atoms with E-state index in [9.17, 15) is 4.79 Å². The van der Waals surface area contributed by atoms with Gasteiger partial charge in [-0.05, 0) is 66.9 Å². The Balaban J connectivity index is 1.73. The molecule has 0 saturated carbocycles. The van der Waals surface area contributed by atoms with Gasteiger partial charge in [0.1, 0.15) is 18.5 Å². The number of allylic oxidation sites excluding steroid dienone is 1. The van der Waals surface area contributed by atoms with Gasteiger partial charge in [0, 0.05) is 12.0 Å². The first-order valence-electron chi connectivity index (χ1n) is 12.3. The van der Waals surface area contributed by atoms with Gasteiger partial charge < -0.3 is 13.9 Å². The van der Waals surface area contributed by atoms with Crippen LogP contribution in [0.3, 0.4) is 0 Å². The molecule has 0 N–H and O–H groups in total. The third-order valence-corrected chi connectivity index (χ3v) is 12.1. The number of carbonyl (C=O) groups excluding carboxylic acids is 1. The summed E-state index contributed by atoms with van der Waals surface area (Å²) in [6.45, 7) is 19.9. The third-order valence-electron chi connectivity index (χ3n) is 7.55. The van der Waals surface area contributed by atoms with Crippen molar-refractivity contribution in [1.82, 2.24) is 0 Å². The first kappa shape index (κ1) is 25.8. The van der Waals surface area contributed by atoms with Crippen LogP contribution in [0.5, 0.6) is 5.75 Å². The second-order valence-electron chi connectivity index (χ2n) is 11.3.